The number of ether oxygens (including phenoxy) is 1. The van der Waals surface area contributed by atoms with Crippen LogP contribution in [0.1, 0.15) is 66.4 Å². The van der Waals surface area contributed by atoms with E-state index in [0.29, 0.717) is 11.5 Å². The predicted molar refractivity (Wildman–Crippen MR) is 116 cm³/mol. The summed E-state index contributed by atoms with van der Waals surface area (Å²) in [5, 5.41) is 8.77. The average Bonchev–Trinajstić information content (AvgIpc) is 2.75. The van der Waals surface area contributed by atoms with Gasteiger partial charge in [0.25, 0.3) is 0 Å². The maximum atomic E-state index is 13.7. The van der Waals surface area contributed by atoms with E-state index in [9.17, 15) is 9.18 Å². The van der Waals surface area contributed by atoms with Crippen LogP contribution >= 0.6 is 0 Å². The summed E-state index contributed by atoms with van der Waals surface area (Å²) in [6, 6.07) is 16.1. The molecule has 3 rings (SSSR count). The first-order chi connectivity index (χ1) is 14.1. The third kappa shape index (κ3) is 5.77. The molecule has 2 aromatic carbocycles. The van der Waals surface area contributed by atoms with Crippen LogP contribution in [0.4, 0.5) is 4.39 Å². The minimum Gasteiger partial charge on any atom is -0.423 e. The quantitative estimate of drug-likeness (QED) is 0.259. The summed E-state index contributed by atoms with van der Waals surface area (Å²) < 4.78 is 18.9. The van der Waals surface area contributed by atoms with Crippen molar-refractivity contribution in [2.75, 3.05) is 0 Å². The van der Waals surface area contributed by atoms with E-state index in [1.54, 1.807) is 18.2 Å². The Morgan fingerprint density at radius 3 is 2.52 bits per heavy atom. The van der Waals surface area contributed by atoms with E-state index in [1.165, 1.54) is 61.9 Å². The number of carbonyl (C=O) groups is 1. The highest BCUT2D eigenvalue weighted by atomic mass is 28.2. The lowest BCUT2D eigenvalue weighted by molar-refractivity contribution is 0.0734. The molecule has 0 unspecified atom stereocenters. The summed E-state index contributed by atoms with van der Waals surface area (Å²) in [6.07, 6.45) is 6.51. The molecule has 1 fully saturated rings. The maximum absolute atomic E-state index is 13.7. The molecule has 0 bridgehead atoms. The number of esters is 1. The van der Waals surface area contributed by atoms with Crippen LogP contribution in [0.25, 0.3) is 0 Å². The second-order valence-corrected chi connectivity index (χ2v) is 10.4. The number of benzene rings is 2. The first kappa shape index (κ1) is 21.3. The van der Waals surface area contributed by atoms with Crippen LogP contribution in [-0.4, -0.2) is 15.5 Å². The van der Waals surface area contributed by atoms with Crippen LogP contribution in [0.3, 0.4) is 0 Å². The predicted octanol–water partition coefficient (Wildman–Crippen LogP) is 5.61. The van der Waals surface area contributed by atoms with Gasteiger partial charge in [0.15, 0.2) is 0 Å². The van der Waals surface area contributed by atoms with Gasteiger partial charge in [-0.3, -0.25) is 0 Å². The molecule has 0 atom stereocenters. The van der Waals surface area contributed by atoms with Crippen LogP contribution in [0.5, 0.6) is 5.75 Å². The van der Waals surface area contributed by atoms with E-state index in [1.807, 2.05) is 12.1 Å². The standard InChI is InChI=1S/C24H28FNO2Si/c1-2-29-14-13-17-3-5-18(6-4-17)19-7-9-20(10-8-19)24(27)28-22-12-11-21(16-26)23(25)15-22/h7-12,15,17-18H,2-6,13-14,29H2,1H3. The lowest BCUT2D eigenvalue weighted by Gasteiger charge is -2.29. The van der Waals surface area contributed by atoms with Crippen molar-refractivity contribution >= 4 is 15.5 Å². The molecule has 3 nitrogen and oxygen atoms in total. The van der Waals surface area contributed by atoms with Crippen molar-refractivity contribution in [2.45, 2.75) is 57.0 Å². The van der Waals surface area contributed by atoms with Crippen molar-refractivity contribution in [1.82, 2.24) is 0 Å². The molecule has 5 heteroatoms. The van der Waals surface area contributed by atoms with Crippen LogP contribution in [-0.2, 0) is 0 Å². The third-order valence-corrected chi connectivity index (χ3v) is 7.57. The number of halogens is 1. The minimum absolute atomic E-state index is 0.0729. The molecule has 0 heterocycles. The Morgan fingerprint density at radius 1 is 1.17 bits per heavy atom. The monoisotopic (exact) mass is 409 g/mol. The Labute approximate surface area is 174 Å². The van der Waals surface area contributed by atoms with E-state index in [4.69, 9.17) is 10.00 Å². The van der Waals surface area contributed by atoms with Gasteiger partial charge in [-0.25, -0.2) is 9.18 Å². The molecule has 0 aromatic heterocycles. The molecule has 0 saturated heterocycles. The average molecular weight is 410 g/mol. The van der Waals surface area contributed by atoms with Crippen molar-refractivity contribution in [1.29, 1.82) is 5.26 Å². The number of rotatable bonds is 7. The van der Waals surface area contributed by atoms with Gasteiger partial charge < -0.3 is 4.74 Å². The van der Waals surface area contributed by atoms with Gasteiger partial charge in [0.1, 0.15) is 17.6 Å². The van der Waals surface area contributed by atoms with Crippen molar-refractivity contribution in [3.63, 3.8) is 0 Å². The van der Waals surface area contributed by atoms with Gasteiger partial charge in [0.2, 0.25) is 0 Å². The van der Waals surface area contributed by atoms with Crippen LogP contribution in [0.2, 0.25) is 12.1 Å². The molecule has 0 aliphatic heterocycles. The summed E-state index contributed by atoms with van der Waals surface area (Å²) in [5.41, 5.74) is 1.65. The van der Waals surface area contributed by atoms with Crippen molar-refractivity contribution < 1.29 is 13.9 Å². The third-order valence-electron chi connectivity index (χ3n) is 5.95. The molecular formula is C24H28FNO2Si. The Kier molecular flexibility index (Phi) is 7.59. The van der Waals surface area contributed by atoms with Crippen LogP contribution < -0.4 is 4.74 Å². The normalized spacial score (nSPS) is 19.2. The number of hydrogen-bond acceptors (Lipinski definition) is 3. The number of nitrogens with zero attached hydrogens (tertiary/aromatic N) is 1. The maximum Gasteiger partial charge on any atom is 0.343 e. The van der Waals surface area contributed by atoms with Gasteiger partial charge in [-0.05, 0) is 67.3 Å². The summed E-state index contributed by atoms with van der Waals surface area (Å²) >= 11 is 0. The number of hydrogen-bond donors (Lipinski definition) is 0. The lowest BCUT2D eigenvalue weighted by atomic mass is 9.78. The summed E-state index contributed by atoms with van der Waals surface area (Å²) in [7, 11) is 0.194. The topological polar surface area (TPSA) is 50.1 Å². The van der Waals surface area contributed by atoms with Crippen molar-refractivity contribution in [2.24, 2.45) is 5.92 Å². The molecule has 152 valence electrons. The van der Waals surface area contributed by atoms with Gasteiger partial charge in [-0.2, -0.15) is 5.26 Å². The molecule has 0 spiro atoms. The highest BCUT2D eigenvalue weighted by Crippen LogP contribution is 2.37. The summed E-state index contributed by atoms with van der Waals surface area (Å²) in [6.45, 7) is 2.31. The minimum atomic E-state index is -0.694. The van der Waals surface area contributed by atoms with Crippen molar-refractivity contribution in [3.8, 4) is 11.8 Å². The molecule has 0 radical (unpaired) electrons. The van der Waals surface area contributed by atoms with Crippen LogP contribution in [0, 0.1) is 23.1 Å². The Morgan fingerprint density at radius 2 is 1.90 bits per heavy atom. The van der Waals surface area contributed by atoms with Gasteiger partial charge in [-0.15, -0.1) is 0 Å². The largest absolute Gasteiger partial charge is 0.423 e. The molecule has 2 aromatic rings. The number of carbonyl (C=O) groups excluding carboxylic acids is 1. The molecule has 1 aliphatic rings. The lowest BCUT2D eigenvalue weighted by Crippen LogP contribution is -2.14. The van der Waals surface area contributed by atoms with Crippen LogP contribution in [0.15, 0.2) is 42.5 Å². The molecular weight excluding hydrogens is 381 g/mol. The van der Waals surface area contributed by atoms with Gasteiger partial charge in [-0.1, -0.05) is 37.6 Å². The smallest absolute Gasteiger partial charge is 0.343 e. The highest BCUT2D eigenvalue weighted by Gasteiger charge is 2.22. The Balaban J connectivity index is 1.54. The molecule has 1 aliphatic carbocycles. The van der Waals surface area contributed by atoms with Gasteiger partial charge >= 0.3 is 5.97 Å². The fraction of sp³-hybridized carbons (Fsp3) is 0.417. The zero-order chi connectivity index (χ0) is 20.6. The summed E-state index contributed by atoms with van der Waals surface area (Å²) in [5.74, 6) is 0.366. The molecule has 0 N–H and O–H groups in total. The molecule has 0 amide bonds. The SMILES string of the molecule is CC[SiH2]CCC1CCC(c2ccc(C(=O)Oc3ccc(C#N)c(F)c3)cc2)CC1. The van der Waals surface area contributed by atoms with E-state index in [-0.39, 0.29) is 20.8 Å². The Bertz CT molecular complexity index is 867. The van der Waals surface area contributed by atoms with E-state index in [0.717, 1.165) is 12.0 Å². The first-order valence-electron chi connectivity index (χ1n) is 10.6. The molecule has 1 saturated carbocycles. The second-order valence-electron chi connectivity index (χ2n) is 7.98. The van der Waals surface area contributed by atoms with Gasteiger partial charge in [0, 0.05) is 15.6 Å². The second kappa shape index (κ2) is 10.4. The van der Waals surface area contributed by atoms with Crippen molar-refractivity contribution in [3.05, 3.63) is 65.0 Å². The highest BCUT2D eigenvalue weighted by molar-refractivity contribution is 6.35. The Hall–Kier alpha value is -2.45. The molecule has 29 heavy (non-hydrogen) atoms. The zero-order valence-corrected chi connectivity index (χ0v) is 18.4. The fourth-order valence-electron chi connectivity index (χ4n) is 4.17. The zero-order valence-electron chi connectivity index (χ0n) is 17.0. The first-order valence-corrected chi connectivity index (χ1v) is 12.6. The number of nitriles is 1. The summed E-state index contributed by atoms with van der Waals surface area (Å²) in [4.78, 5) is 12.3. The van der Waals surface area contributed by atoms with E-state index < -0.39 is 11.8 Å². The van der Waals surface area contributed by atoms with E-state index in [2.05, 4.69) is 6.92 Å². The van der Waals surface area contributed by atoms with E-state index >= 15 is 0 Å². The van der Waals surface area contributed by atoms with Gasteiger partial charge in [0.05, 0.1) is 11.1 Å². The fourth-order valence-corrected chi connectivity index (χ4v) is 5.54.